The predicted molar refractivity (Wildman–Crippen MR) is 200 cm³/mol. The van der Waals surface area contributed by atoms with E-state index in [2.05, 4.69) is 142 Å². The molecule has 1 aliphatic carbocycles. The Morgan fingerprint density at radius 2 is 1.22 bits per heavy atom. The van der Waals surface area contributed by atoms with E-state index in [9.17, 15) is 0 Å². The standard InChI is InChI=1S/C44H43N5/c1-25(2)31-19-13-21-33-27(5)35-23-24-36-28(6)34-22-14-20-32(26(3)4)38(34)49-40(36)39(35)48(37(31)33)44(49)43-46-41(29-15-9-7-10-16-29)45-42(47-43)30-17-11-8-12-18-30/h7-21,23-28,34,44H,22H2,1-6H3. The maximum absolute atomic E-state index is 5.44. The van der Waals surface area contributed by atoms with Gasteiger partial charge in [0, 0.05) is 28.7 Å². The molecule has 5 aromatic rings. The summed E-state index contributed by atoms with van der Waals surface area (Å²) in [6.07, 6.45) is 5.54. The van der Waals surface area contributed by atoms with Gasteiger partial charge in [-0.15, -0.1) is 0 Å². The van der Waals surface area contributed by atoms with Crippen LogP contribution in [0.2, 0.25) is 0 Å². The first-order chi connectivity index (χ1) is 23.8. The minimum Gasteiger partial charge on any atom is -0.314 e. The number of rotatable bonds is 5. The van der Waals surface area contributed by atoms with Gasteiger partial charge in [-0.3, -0.25) is 0 Å². The Bertz CT molecular complexity index is 2110. The van der Waals surface area contributed by atoms with Crippen molar-refractivity contribution < 1.29 is 0 Å². The van der Waals surface area contributed by atoms with E-state index in [0.29, 0.717) is 35.3 Å². The smallest absolute Gasteiger partial charge is 0.177 e. The molecule has 5 nitrogen and oxygen atoms in total. The summed E-state index contributed by atoms with van der Waals surface area (Å²) in [5.41, 5.74) is 14.4. The molecule has 4 aromatic carbocycles. The Morgan fingerprint density at radius 1 is 0.612 bits per heavy atom. The summed E-state index contributed by atoms with van der Waals surface area (Å²) in [7, 11) is 0. The van der Waals surface area contributed by atoms with Gasteiger partial charge in [0.2, 0.25) is 0 Å². The molecule has 0 saturated carbocycles. The summed E-state index contributed by atoms with van der Waals surface area (Å²) < 4.78 is 0. The van der Waals surface area contributed by atoms with E-state index in [1.807, 2.05) is 12.1 Å². The maximum atomic E-state index is 5.44. The van der Waals surface area contributed by atoms with Gasteiger partial charge in [-0.25, -0.2) is 15.0 Å². The van der Waals surface area contributed by atoms with Gasteiger partial charge in [0.15, 0.2) is 23.6 Å². The quantitative estimate of drug-likeness (QED) is 0.191. The summed E-state index contributed by atoms with van der Waals surface area (Å²) in [5.74, 6) is 3.94. The second-order valence-electron chi connectivity index (χ2n) is 14.8. The van der Waals surface area contributed by atoms with Crippen molar-refractivity contribution in [3.63, 3.8) is 0 Å². The summed E-state index contributed by atoms with van der Waals surface area (Å²) in [6.45, 7) is 14.1. The van der Waals surface area contributed by atoms with Gasteiger partial charge in [0.25, 0.3) is 0 Å². The van der Waals surface area contributed by atoms with Gasteiger partial charge in [0.1, 0.15) is 0 Å². The second kappa shape index (κ2) is 11.3. The number of para-hydroxylation sites is 1. The minimum absolute atomic E-state index is 0.266. The summed E-state index contributed by atoms with van der Waals surface area (Å²) in [5, 5.41) is 0. The Morgan fingerprint density at radius 3 is 1.86 bits per heavy atom. The molecule has 4 heterocycles. The number of benzene rings is 4. The Labute approximate surface area is 290 Å². The van der Waals surface area contributed by atoms with Crippen molar-refractivity contribution in [1.82, 2.24) is 15.0 Å². The first kappa shape index (κ1) is 30.1. The minimum atomic E-state index is -0.278. The molecule has 4 aliphatic rings. The van der Waals surface area contributed by atoms with Crippen LogP contribution in [0, 0.1) is 11.8 Å². The fourth-order valence-corrected chi connectivity index (χ4v) is 8.91. The number of hydrogen-bond donors (Lipinski definition) is 0. The van der Waals surface area contributed by atoms with Gasteiger partial charge in [0.05, 0.1) is 17.1 Å². The first-order valence-corrected chi connectivity index (χ1v) is 18.0. The van der Waals surface area contributed by atoms with E-state index in [1.54, 1.807) is 0 Å². The van der Waals surface area contributed by atoms with Crippen LogP contribution >= 0.6 is 0 Å². The monoisotopic (exact) mass is 641 g/mol. The van der Waals surface area contributed by atoms with Crippen LogP contribution in [0.15, 0.2) is 114 Å². The highest BCUT2D eigenvalue weighted by molar-refractivity contribution is 5.96. The largest absolute Gasteiger partial charge is 0.314 e. The van der Waals surface area contributed by atoms with Crippen molar-refractivity contribution in [1.29, 1.82) is 0 Å². The highest BCUT2D eigenvalue weighted by Crippen LogP contribution is 2.66. The fraction of sp³-hybridized carbons (Fsp3) is 0.295. The summed E-state index contributed by atoms with van der Waals surface area (Å²) in [6, 6.07) is 32.5. The third-order valence-corrected chi connectivity index (χ3v) is 11.3. The van der Waals surface area contributed by atoms with Crippen LogP contribution in [0.5, 0.6) is 0 Å². The molecule has 0 radical (unpaired) electrons. The van der Waals surface area contributed by atoms with Crippen LogP contribution < -0.4 is 9.80 Å². The lowest BCUT2D eigenvalue weighted by Crippen LogP contribution is -2.42. The highest BCUT2D eigenvalue weighted by Gasteiger charge is 2.53. The molecule has 244 valence electrons. The van der Waals surface area contributed by atoms with Crippen molar-refractivity contribution >= 4 is 17.1 Å². The van der Waals surface area contributed by atoms with Gasteiger partial charge >= 0.3 is 0 Å². The average molecular weight is 642 g/mol. The van der Waals surface area contributed by atoms with Crippen LogP contribution in [0.25, 0.3) is 22.8 Å². The molecule has 0 saturated heterocycles. The molecular weight excluding hydrogens is 599 g/mol. The number of anilines is 3. The van der Waals surface area contributed by atoms with Gasteiger partial charge in [-0.2, -0.15) is 0 Å². The lowest BCUT2D eigenvalue weighted by Gasteiger charge is -2.45. The van der Waals surface area contributed by atoms with E-state index < -0.39 is 0 Å². The van der Waals surface area contributed by atoms with Gasteiger partial charge in [-0.1, -0.05) is 145 Å². The molecule has 1 aromatic heterocycles. The van der Waals surface area contributed by atoms with E-state index >= 15 is 0 Å². The third-order valence-electron chi connectivity index (χ3n) is 11.3. The molecule has 0 amide bonds. The number of nitrogens with zero attached hydrogens (tertiary/aromatic N) is 5. The van der Waals surface area contributed by atoms with Crippen LogP contribution in [-0.4, -0.2) is 15.0 Å². The van der Waals surface area contributed by atoms with Crippen molar-refractivity contribution in [2.45, 2.75) is 71.9 Å². The normalized spacial score (nSPS) is 21.7. The third kappa shape index (κ3) is 4.40. The zero-order chi connectivity index (χ0) is 33.6. The molecule has 4 unspecified atom stereocenters. The molecule has 49 heavy (non-hydrogen) atoms. The second-order valence-corrected chi connectivity index (χ2v) is 14.8. The van der Waals surface area contributed by atoms with Crippen molar-refractivity contribution in [2.75, 3.05) is 9.80 Å². The predicted octanol–water partition coefficient (Wildman–Crippen LogP) is 11.1. The van der Waals surface area contributed by atoms with Crippen molar-refractivity contribution in [3.05, 3.63) is 142 Å². The number of fused-ring (bicyclic) bond motifs is 4. The van der Waals surface area contributed by atoms with Gasteiger partial charge < -0.3 is 9.80 Å². The molecule has 3 aliphatic heterocycles. The molecule has 5 heteroatoms. The van der Waals surface area contributed by atoms with Crippen LogP contribution in [-0.2, 0) is 0 Å². The molecular formula is C44H43N5. The fourth-order valence-electron chi connectivity index (χ4n) is 8.91. The van der Waals surface area contributed by atoms with Gasteiger partial charge in [-0.05, 0) is 52.0 Å². The molecule has 0 spiro atoms. The van der Waals surface area contributed by atoms with Crippen LogP contribution in [0.3, 0.4) is 0 Å². The Hall–Kier alpha value is -5.03. The van der Waals surface area contributed by atoms with Crippen molar-refractivity contribution in [3.8, 4) is 22.8 Å². The van der Waals surface area contributed by atoms with E-state index in [0.717, 1.165) is 23.4 Å². The SMILES string of the molecule is CC(C)C1=C2C(CC=C1)C(C)c1ccc3c4c1N2C(c1nc(-c2ccccc2)nc(-c2ccccc2)n1)N4c1c(C(C)C)cccc1C3C. The average Bonchev–Trinajstić information content (AvgIpc) is 3.49. The zero-order valence-electron chi connectivity index (χ0n) is 29.2. The number of hydrogen-bond acceptors (Lipinski definition) is 5. The molecule has 9 rings (SSSR count). The van der Waals surface area contributed by atoms with E-state index in [-0.39, 0.29) is 12.1 Å². The molecule has 0 fully saturated rings. The molecule has 0 bridgehead atoms. The van der Waals surface area contributed by atoms with E-state index in [1.165, 1.54) is 50.6 Å². The zero-order valence-corrected chi connectivity index (χ0v) is 29.2. The Balaban J connectivity index is 1.41. The van der Waals surface area contributed by atoms with E-state index in [4.69, 9.17) is 15.0 Å². The lowest BCUT2D eigenvalue weighted by atomic mass is 9.72. The Kier molecular flexibility index (Phi) is 6.91. The molecule has 0 N–H and O–H groups in total. The number of aromatic nitrogens is 3. The maximum Gasteiger partial charge on any atom is 0.177 e. The highest BCUT2D eigenvalue weighted by atomic mass is 15.5. The number of allylic oxidation sites excluding steroid dienone is 4. The van der Waals surface area contributed by atoms with Crippen molar-refractivity contribution in [2.24, 2.45) is 11.8 Å². The summed E-state index contributed by atoms with van der Waals surface area (Å²) >= 11 is 0. The first-order valence-electron chi connectivity index (χ1n) is 18.0. The topological polar surface area (TPSA) is 45.2 Å². The van der Waals surface area contributed by atoms with Crippen LogP contribution in [0.1, 0.15) is 100.0 Å². The lowest BCUT2D eigenvalue weighted by molar-refractivity contribution is 0.454. The molecule has 4 atom stereocenters. The summed E-state index contributed by atoms with van der Waals surface area (Å²) in [4.78, 5) is 21.3. The van der Waals surface area contributed by atoms with Crippen LogP contribution in [0.4, 0.5) is 17.1 Å².